The summed E-state index contributed by atoms with van der Waals surface area (Å²) in [5.41, 5.74) is 1.57. The highest BCUT2D eigenvalue weighted by atomic mass is 32.2. The molecule has 0 aliphatic carbocycles. The van der Waals surface area contributed by atoms with Crippen molar-refractivity contribution in [2.75, 3.05) is 14.2 Å². The molecule has 2 aromatic rings. The maximum absolute atomic E-state index is 12.2. The third kappa shape index (κ3) is 3.44. The summed E-state index contributed by atoms with van der Waals surface area (Å²) in [6.07, 6.45) is 1.77. The lowest BCUT2D eigenvalue weighted by Gasteiger charge is -2.10. The number of thioether (sulfide) groups is 1. The van der Waals surface area contributed by atoms with Crippen LogP contribution in [0.15, 0.2) is 58.4 Å². The number of hydrogen-bond donors (Lipinski definition) is 1. The van der Waals surface area contributed by atoms with Crippen molar-refractivity contribution in [2.45, 2.75) is 0 Å². The third-order valence-electron chi connectivity index (χ3n) is 3.36. The first-order valence-corrected chi connectivity index (χ1v) is 8.08. The second-order valence-corrected chi connectivity index (χ2v) is 5.93. The van der Waals surface area contributed by atoms with Crippen LogP contribution in [-0.4, -0.2) is 25.3 Å². The van der Waals surface area contributed by atoms with Crippen LogP contribution in [0, 0.1) is 0 Å². The van der Waals surface area contributed by atoms with Crippen molar-refractivity contribution in [2.24, 2.45) is 4.99 Å². The van der Waals surface area contributed by atoms with E-state index in [2.05, 4.69) is 10.3 Å². The van der Waals surface area contributed by atoms with Crippen molar-refractivity contribution in [3.8, 4) is 11.5 Å². The molecule has 0 unspecified atom stereocenters. The molecule has 1 amide bonds. The summed E-state index contributed by atoms with van der Waals surface area (Å²) in [4.78, 5) is 17.2. The molecule has 1 heterocycles. The predicted molar refractivity (Wildman–Crippen MR) is 96.8 cm³/mol. The first-order valence-electron chi connectivity index (χ1n) is 7.27. The summed E-state index contributed by atoms with van der Waals surface area (Å²) in [6, 6.07) is 15.0. The van der Waals surface area contributed by atoms with E-state index < -0.39 is 0 Å². The molecule has 6 heteroatoms. The number of amidine groups is 1. The van der Waals surface area contributed by atoms with Gasteiger partial charge in [0.05, 0.1) is 24.8 Å². The molecule has 1 aliphatic heterocycles. The third-order valence-corrected chi connectivity index (χ3v) is 4.27. The molecule has 0 aromatic heterocycles. The zero-order chi connectivity index (χ0) is 16.9. The SMILES string of the molecule is COc1cccc(/C=C2\SC(=Nc3ccccc3)NC2=O)c1OC. The highest BCUT2D eigenvalue weighted by Gasteiger charge is 2.24. The molecule has 122 valence electrons. The number of rotatable bonds is 4. The van der Waals surface area contributed by atoms with E-state index in [9.17, 15) is 4.79 Å². The van der Waals surface area contributed by atoms with E-state index in [4.69, 9.17) is 9.47 Å². The quantitative estimate of drug-likeness (QED) is 0.864. The largest absolute Gasteiger partial charge is 0.493 e. The molecule has 5 nitrogen and oxygen atoms in total. The average Bonchev–Trinajstić information content (AvgIpc) is 2.94. The van der Waals surface area contributed by atoms with Gasteiger partial charge >= 0.3 is 0 Å². The minimum absolute atomic E-state index is 0.181. The monoisotopic (exact) mass is 340 g/mol. The van der Waals surface area contributed by atoms with Gasteiger partial charge in [-0.05, 0) is 36.0 Å². The van der Waals surface area contributed by atoms with Gasteiger partial charge in [-0.25, -0.2) is 4.99 Å². The standard InChI is InChI=1S/C18H16N2O3S/c1-22-14-10-6-7-12(16(14)23-2)11-15-17(21)20-18(24-15)19-13-8-4-3-5-9-13/h3-11H,1-2H3,(H,19,20,21)/b15-11-. The Bertz CT molecular complexity index is 816. The number of nitrogens with zero attached hydrogens (tertiary/aromatic N) is 1. The molecule has 0 bridgehead atoms. The van der Waals surface area contributed by atoms with Crippen molar-refractivity contribution in [3.63, 3.8) is 0 Å². The summed E-state index contributed by atoms with van der Waals surface area (Å²) >= 11 is 1.30. The fourth-order valence-electron chi connectivity index (χ4n) is 2.27. The highest BCUT2D eigenvalue weighted by Crippen LogP contribution is 2.35. The Morgan fingerprint density at radius 3 is 2.54 bits per heavy atom. The Morgan fingerprint density at radius 1 is 1.04 bits per heavy atom. The molecule has 2 aromatic carbocycles. The van der Waals surface area contributed by atoms with Gasteiger partial charge in [0.25, 0.3) is 5.91 Å². The van der Waals surface area contributed by atoms with E-state index in [1.807, 2.05) is 48.5 Å². The lowest BCUT2D eigenvalue weighted by atomic mass is 10.1. The highest BCUT2D eigenvalue weighted by molar-refractivity contribution is 8.18. The van der Waals surface area contributed by atoms with Crippen LogP contribution < -0.4 is 14.8 Å². The van der Waals surface area contributed by atoms with Gasteiger partial charge in [-0.1, -0.05) is 30.3 Å². The van der Waals surface area contributed by atoms with Crippen LogP contribution >= 0.6 is 11.8 Å². The van der Waals surface area contributed by atoms with Crippen molar-refractivity contribution in [3.05, 3.63) is 59.0 Å². The molecule has 3 rings (SSSR count). The smallest absolute Gasteiger partial charge is 0.264 e. The van der Waals surface area contributed by atoms with E-state index in [1.165, 1.54) is 11.8 Å². The molecule has 1 fully saturated rings. The van der Waals surface area contributed by atoms with Crippen molar-refractivity contribution in [1.29, 1.82) is 0 Å². The molecule has 0 spiro atoms. The fraction of sp³-hybridized carbons (Fsp3) is 0.111. The number of carbonyl (C=O) groups excluding carboxylic acids is 1. The molecular formula is C18H16N2O3S. The summed E-state index contributed by atoms with van der Waals surface area (Å²) in [5.74, 6) is 1.03. The number of nitrogens with one attached hydrogen (secondary N) is 1. The molecule has 24 heavy (non-hydrogen) atoms. The number of ether oxygens (including phenoxy) is 2. The van der Waals surface area contributed by atoms with E-state index >= 15 is 0 Å². The number of aliphatic imine (C=N–C) groups is 1. The van der Waals surface area contributed by atoms with E-state index in [0.29, 0.717) is 21.6 Å². The maximum atomic E-state index is 12.2. The first kappa shape index (κ1) is 16.1. The molecule has 1 N–H and O–H groups in total. The van der Waals surface area contributed by atoms with Crippen LogP contribution in [-0.2, 0) is 4.79 Å². The van der Waals surface area contributed by atoms with Gasteiger partial charge in [0.15, 0.2) is 16.7 Å². The van der Waals surface area contributed by atoms with Gasteiger partial charge in [-0.3, -0.25) is 4.79 Å². The van der Waals surface area contributed by atoms with Gasteiger partial charge in [0.2, 0.25) is 0 Å². The number of carbonyl (C=O) groups is 1. The summed E-state index contributed by atoms with van der Waals surface area (Å²) in [6.45, 7) is 0. The summed E-state index contributed by atoms with van der Waals surface area (Å²) in [5, 5.41) is 3.33. The Kier molecular flexibility index (Phi) is 4.86. The second-order valence-electron chi connectivity index (χ2n) is 4.90. The predicted octanol–water partition coefficient (Wildman–Crippen LogP) is 3.60. The molecule has 1 aliphatic rings. The number of hydrogen-bond acceptors (Lipinski definition) is 5. The first-order chi connectivity index (χ1) is 11.7. The van der Waals surface area contributed by atoms with Crippen LogP contribution in [0.25, 0.3) is 6.08 Å². The Balaban J connectivity index is 1.90. The molecule has 1 saturated heterocycles. The molecule has 0 atom stereocenters. The van der Waals surface area contributed by atoms with Gasteiger partial charge in [-0.2, -0.15) is 0 Å². The van der Waals surface area contributed by atoms with Crippen molar-refractivity contribution >= 4 is 34.6 Å². The average molecular weight is 340 g/mol. The van der Waals surface area contributed by atoms with Crippen LogP contribution in [0.4, 0.5) is 5.69 Å². The van der Waals surface area contributed by atoms with Crippen molar-refractivity contribution < 1.29 is 14.3 Å². The summed E-state index contributed by atoms with van der Waals surface area (Å²) < 4.78 is 10.7. The molecule has 0 saturated carbocycles. The van der Waals surface area contributed by atoms with Gasteiger partial charge in [0, 0.05) is 5.56 Å². The zero-order valence-electron chi connectivity index (χ0n) is 13.3. The fourth-order valence-corrected chi connectivity index (χ4v) is 3.10. The van der Waals surface area contributed by atoms with Gasteiger partial charge < -0.3 is 14.8 Å². The van der Waals surface area contributed by atoms with E-state index in [1.54, 1.807) is 20.3 Å². The lowest BCUT2D eigenvalue weighted by Crippen LogP contribution is -2.19. The van der Waals surface area contributed by atoms with Crippen LogP contribution in [0.1, 0.15) is 5.56 Å². The number of amides is 1. The van der Waals surface area contributed by atoms with Gasteiger partial charge in [0.1, 0.15) is 0 Å². The van der Waals surface area contributed by atoms with Crippen LogP contribution in [0.5, 0.6) is 11.5 Å². The topological polar surface area (TPSA) is 59.9 Å². The Hall–Kier alpha value is -2.73. The number of para-hydroxylation sites is 2. The summed E-state index contributed by atoms with van der Waals surface area (Å²) in [7, 11) is 3.15. The minimum Gasteiger partial charge on any atom is -0.493 e. The van der Waals surface area contributed by atoms with Crippen molar-refractivity contribution in [1.82, 2.24) is 5.32 Å². The van der Waals surface area contributed by atoms with Crippen LogP contribution in [0.2, 0.25) is 0 Å². The molecule has 0 radical (unpaired) electrons. The van der Waals surface area contributed by atoms with E-state index in [-0.39, 0.29) is 5.91 Å². The van der Waals surface area contributed by atoms with Gasteiger partial charge in [-0.15, -0.1) is 0 Å². The number of methoxy groups -OCH3 is 2. The Labute approximate surface area is 144 Å². The second kappa shape index (κ2) is 7.23. The maximum Gasteiger partial charge on any atom is 0.264 e. The number of benzene rings is 2. The molecular weight excluding hydrogens is 324 g/mol. The van der Waals surface area contributed by atoms with E-state index in [0.717, 1.165) is 11.3 Å². The minimum atomic E-state index is -0.181. The zero-order valence-corrected chi connectivity index (χ0v) is 14.1. The normalized spacial score (nSPS) is 17.2. The van der Waals surface area contributed by atoms with Crippen LogP contribution in [0.3, 0.4) is 0 Å². The Morgan fingerprint density at radius 2 is 1.83 bits per heavy atom. The lowest BCUT2D eigenvalue weighted by molar-refractivity contribution is -0.115.